The summed E-state index contributed by atoms with van der Waals surface area (Å²) in [6, 6.07) is 5.50. The molecule has 0 amide bonds. The highest BCUT2D eigenvalue weighted by Crippen LogP contribution is 2.31. The molecule has 1 aromatic carbocycles. The van der Waals surface area contributed by atoms with Crippen molar-refractivity contribution in [1.29, 1.82) is 0 Å². The van der Waals surface area contributed by atoms with E-state index in [1.165, 1.54) is 0 Å². The number of benzene rings is 1. The Bertz CT molecular complexity index is 606. The zero-order valence-corrected chi connectivity index (χ0v) is 13.8. The monoisotopic (exact) mass is 332 g/mol. The second-order valence-corrected chi connectivity index (χ2v) is 8.00. The van der Waals surface area contributed by atoms with Gasteiger partial charge in [-0.3, -0.25) is 4.90 Å². The number of halogens is 1. The predicted molar refractivity (Wildman–Crippen MR) is 84.6 cm³/mol. The van der Waals surface area contributed by atoms with Gasteiger partial charge in [0.25, 0.3) is 0 Å². The van der Waals surface area contributed by atoms with Crippen molar-refractivity contribution >= 4 is 21.4 Å². The van der Waals surface area contributed by atoms with Crippen LogP contribution in [0.5, 0.6) is 5.75 Å². The number of hydrogen-bond acceptors (Lipinski definition) is 5. The second-order valence-electron chi connectivity index (χ2n) is 5.37. The number of methoxy groups -OCH3 is 1. The fourth-order valence-electron chi connectivity index (χ4n) is 2.78. The maximum absolute atomic E-state index is 11.6. The van der Waals surface area contributed by atoms with E-state index in [0.29, 0.717) is 23.7 Å². The van der Waals surface area contributed by atoms with E-state index in [-0.39, 0.29) is 23.6 Å². The molecule has 2 atom stereocenters. The number of nitrogens with zero attached hydrogens (tertiary/aromatic N) is 1. The minimum atomic E-state index is -2.91. The molecule has 21 heavy (non-hydrogen) atoms. The zero-order chi connectivity index (χ0) is 15.6. The van der Waals surface area contributed by atoms with Crippen LogP contribution in [0.2, 0.25) is 5.02 Å². The number of sulfone groups is 1. The van der Waals surface area contributed by atoms with Crippen LogP contribution in [-0.4, -0.2) is 51.6 Å². The van der Waals surface area contributed by atoms with Crippen molar-refractivity contribution in [3.05, 3.63) is 28.8 Å². The Labute approximate surface area is 130 Å². The van der Waals surface area contributed by atoms with Crippen LogP contribution in [0.15, 0.2) is 18.2 Å². The van der Waals surface area contributed by atoms with Crippen molar-refractivity contribution < 1.29 is 13.2 Å². The number of hydrogen-bond donors (Lipinski definition) is 1. The highest BCUT2D eigenvalue weighted by atomic mass is 35.5. The van der Waals surface area contributed by atoms with Crippen molar-refractivity contribution in [1.82, 2.24) is 4.90 Å². The molecule has 1 saturated heterocycles. The minimum absolute atomic E-state index is 0.00410. The van der Waals surface area contributed by atoms with E-state index in [9.17, 15) is 8.42 Å². The highest BCUT2D eigenvalue weighted by molar-refractivity contribution is 7.91. The molecule has 0 aromatic heterocycles. The van der Waals surface area contributed by atoms with Crippen LogP contribution in [-0.2, 0) is 9.84 Å². The quantitative estimate of drug-likeness (QED) is 0.884. The van der Waals surface area contributed by atoms with Crippen LogP contribution in [0.25, 0.3) is 0 Å². The molecule has 1 heterocycles. The summed E-state index contributed by atoms with van der Waals surface area (Å²) in [7, 11) is 0.572. The van der Waals surface area contributed by atoms with Crippen LogP contribution >= 0.6 is 11.6 Å². The third-order valence-electron chi connectivity index (χ3n) is 4.06. The molecular weight excluding hydrogens is 312 g/mol. The predicted octanol–water partition coefficient (Wildman–Crippen LogP) is 1.47. The van der Waals surface area contributed by atoms with Gasteiger partial charge < -0.3 is 10.5 Å². The summed E-state index contributed by atoms with van der Waals surface area (Å²) in [5.74, 6) is 1.06. The number of nitrogens with two attached hydrogens (primary N) is 1. The van der Waals surface area contributed by atoms with Gasteiger partial charge in [-0.2, -0.15) is 0 Å². The first-order valence-electron chi connectivity index (χ1n) is 6.84. The van der Waals surface area contributed by atoms with Gasteiger partial charge in [0, 0.05) is 18.6 Å². The molecule has 1 fully saturated rings. The van der Waals surface area contributed by atoms with Crippen LogP contribution < -0.4 is 10.5 Å². The molecular formula is C14H21ClN2O3S. The Balaban J connectivity index is 2.21. The lowest BCUT2D eigenvalue weighted by Crippen LogP contribution is -2.39. The molecule has 0 spiro atoms. The van der Waals surface area contributed by atoms with Gasteiger partial charge in [0.1, 0.15) is 5.75 Å². The summed E-state index contributed by atoms with van der Waals surface area (Å²) in [6.07, 6.45) is 0.652. The number of ether oxygens (including phenoxy) is 1. The lowest BCUT2D eigenvalue weighted by Gasteiger charge is -2.32. The van der Waals surface area contributed by atoms with E-state index in [1.54, 1.807) is 13.2 Å². The van der Waals surface area contributed by atoms with Crippen molar-refractivity contribution in [2.75, 3.05) is 32.2 Å². The topological polar surface area (TPSA) is 72.6 Å². The third-order valence-corrected chi connectivity index (χ3v) is 6.11. The summed E-state index contributed by atoms with van der Waals surface area (Å²) < 4.78 is 28.4. The molecule has 0 bridgehead atoms. The average molecular weight is 333 g/mol. The van der Waals surface area contributed by atoms with Gasteiger partial charge in [-0.05, 0) is 31.2 Å². The molecule has 2 rings (SSSR count). The van der Waals surface area contributed by atoms with Gasteiger partial charge >= 0.3 is 0 Å². The van der Waals surface area contributed by atoms with Gasteiger partial charge in [0.05, 0.1) is 23.6 Å². The van der Waals surface area contributed by atoms with E-state index < -0.39 is 9.84 Å². The maximum Gasteiger partial charge on any atom is 0.151 e. The number of rotatable bonds is 5. The fourth-order valence-corrected chi connectivity index (χ4v) is 4.83. The molecule has 0 saturated carbocycles. The summed E-state index contributed by atoms with van der Waals surface area (Å²) in [6.45, 7) is 0.399. The highest BCUT2D eigenvalue weighted by Gasteiger charge is 2.33. The van der Waals surface area contributed by atoms with E-state index in [1.807, 2.05) is 24.1 Å². The minimum Gasteiger partial charge on any atom is -0.495 e. The maximum atomic E-state index is 11.6. The molecule has 1 aliphatic heterocycles. The molecule has 5 nitrogen and oxygen atoms in total. The lowest BCUT2D eigenvalue weighted by molar-refractivity contribution is 0.192. The van der Waals surface area contributed by atoms with Gasteiger partial charge in [-0.25, -0.2) is 8.42 Å². The molecule has 1 aliphatic rings. The Morgan fingerprint density at radius 1 is 1.52 bits per heavy atom. The van der Waals surface area contributed by atoms with Crippen molar-refractivity contribution in [3.63, 3.8) is 0 Å². The molecule has 1 aromatic rings. The first-order valence-corrected chi connectivity index (χ1v) is 9.03. The van der Waals surface area contributed by atoms with Gasteiger partial charge in [-0.1, -0.05) is 17.7 Å². The van der Waals surface area contributed by atoms with Crippen LogP contribution in [0.4, 0.5) is 0 Å². The van der Waals surface area contributed by atoms with Crippen molar-refractivity contribution in [2.45, 2.75) is 18.5 Å². The summed E-state index contributed by atoms with van der Waals surface area (Å²) in [5, 5.41) is 0.529. The summed E-state index contributed by atoms with van der Waals surface area (Å²) >= 11 is 6.16. The van der Waals surface area contributed by atoms with E-state index in [4.69, 9.17) is 22.1 Å². The lowest BCUT2D eigenvalue weighted by atomic mass is 10.0. The average Bonchev–Trinajstić information content (AvgIpc) is 2.80. The standard InChI is InChI=1S/C14H21ClN2O3S/c1-17(11-5-6-21(18,19)9-11)13(8-16)10-3-4-14(20-2)12(15)7-10/h3-4,7,11,13H,5-6,8-9,16H2,1-2H3. The van der Waals surface area contributed by atoms with E-state index in [0.717, 1.165) is 5.56 Å². The molecule has 2 N–H and O–H groups in total. The molecule has 118 valence electrons. The summed E-state index contributed by atoms with van der Waals surface area (Å²) in [5.41, 5.74) is 6.86. The Kier molecular flexibility index (Phi) is 5.14. The molecule has 2 unspecified atom stereocenters. The molecule has 0 aliphatic carbocycles. The largest absolute Gasteiger partial charge is 0.495 e. The first kappa shape index (κ1) is 16.5. The number of likely N-dealkylation sites (N-methyl/N-ethyl adjacent to an activating group) is 1. The van der Waals surface area contributed by atoms with Crippen molar-refractivity contribution in [2.24, 2.45) is 5.73 Å². The van der Waals surface area contributed by atoms with Gasteiger partial charge in [0.2, 0.25) is 0 Å². The SMILES string of the molecule is COc1ccc(C(CN)N(C)C2CCS(=O)(=O)C2)cc1Cl. The normalized spacial score (nSPS) is 22.4. The van der Waals surface area contributed by atoms with Crippen molar-refractivity contribution in [3.8, 4) is 5.75 Å². The van der Waals surface area contributed by atoms with Gasteiger partial charge in [-0.15, -0.1) is 0 Å². The van der Waals surface area contributed by atoms with Crippen LogP contribution in [0.1, 0.15) is 18.0 Å². The zero-order valence-electron chi connectivity index (χ0n) is 12.3. The Morgan fingerprint density at radius 3 is 2.71 bits per heavy atom. The van der Waals surface area contributed by atoms with E-state index in [2.05, 4.69) is 0 Å². The fraction of sp³-hybridized carbons (Fsp3) is 0.571. The van der Waals surface area contributed by atoms with Crippen LogP contribution in [0.3, 0.4) is 0 Å². The third kappa shape index (κ3) is 3.69. The van der Waals surface area contributed by atoms with Gasteiger partial charge in [0.15, 0.2) is 9.84 Å². The smallest absolute Gasteiger partial charge is 0.151 e. The first-order chi connectivity index (χ1) is 9.88. The Hall–Kier alpha value is -0.820. The summed E-state index contributed by atoms with van der Waals surface area (Å²) in [4.78, 5) is 2.04. The van der Waals surface area contributed by atoms with E-state index >= 15 is 0 Å². The van der Waals surface area contributed by atoms with Crippen LogP contribution in [0, 0.1) is 0 Å². The molecule has 0 radical (unpaired) electrons. The molecule has 7 heteroatoms. The second kappa shape index (κ2) is 6.52. The Morgan fingerprint density at radius 2 is 2.24 bits per heavy atom.